The summed E-state index contributed by atoms with van der Waals surface area (Å²) in [6, 6.07) is 54.7. The van der Waals surface area contributed by atoms with Crippen LogP contribution in [0.25, 0.3) is 66.9 Å². The van der Waals surface area contributed by atoms with Crippen molar-refractivity contribution in [2.75, 3.05) is 0 Å². The first-order valence-corrected chi connectivity index (χ1v) is 17.3. The Morgan fingerprint density at radius 1 is 0.412 bits per heavy atom. The van der Waals surface area contributed by atoms with Gasteiger partial charge in [0.05, 0.1) is 11.4 Å². The average Bonchev–Trinajstić information content (AvgIpc) is 3.41. The summed E-state index contributed by atoms with van der Waals surface area (Å²) in [6.45, 7) is 4.55. The fourth-order valence-electron chi connectivity index (χ4n) is 7.71. The zero-order chi connectivity index (χ0) is 34.1. The van der Waals surface area contributed by atoms with E-state index in [-0.39, 0.29) is 5.41 Å². The van der Waals surface area contributed by atoms with Crippen LogP contribution in [0.5, 0.6) is 23.0 Å². The Hall–Kier alpha value is -6.52. The van der Waals surface area contributed by atoms with Gasteiger partial charge in [0, 0.05) is 22.1 Å². The van der Waals surface area contributed by atoms with E-state index in [1.807, 2.05) is 24.3 Å². The molecule has 242 valence electrons. The maximum Gasteiger partial charge on any atom is 0.170 e. The van der Waals surface area contributed by atoms with Gasteiger partial charge in [0.2, 0.25) is 0 Å². The fourth-order valence-corrected chi connectivity index (χ4v) is 7.71. The van der Waals surface area contributed by atoms with Crippen LogP contribution in [0.15, 0.2) is 158 Å². The van der Waals surface area contributed by atoms with Crippen LogP contribution in [-0.4, -0.2) is 9.97 Å². The summed E-state index contributed by atoms with van der Waals surface area (Å²) < 4.78 is 13.1. The molecule has 7 aromatic carbocycles. The SMILES string of the molecule is CC1(C)c2ccccc2-c2cc3c(cc21)Oc1ccc(-c2cccc(-c4cc(-c5ccccc5)nc(-c5cccc6ccccc56)n4)c2)cc1O3. The molecule has 0 bridgehead atoms. The zero-order valence-electron chi connectivity index (χ0n) is 28.2. The van der Waals surface area contributed by atoms with Gasteiger partial charge in [-0.1, -0.05) is 135 Å². The number of nitrogens with zero attached hydrogens (tertiary/aromatic N) is 2. The number of hydrogen-bond donors (Lipinski definition) is 0. The molecule has 4 nitrogen and oxygen atoms in total. The highest BCUT2D eigenvalue weighted by molar-refractivity contribution is 5.95. The Morgan fingerprint density at radius 3 is 1.94 bits per heavy atom. The Balaban J connectivity index is 1.03. The molecule has 2 aliphatic rings. The molecule has 0 unspecified atom stereocenters. The molecule has 0 amide bonds. The number of benzene rings is 7. The second kappa shape index (κ2) is 11.3. The predicted octanol–water partition coefficient (Wildman–Crippen LogP) is 12.5. The van der Waals surface area contributed by atoms with Gasteiger partial charge in [0.25, 0.3) is 0 Å². The van der Waals surface area contributed by atoms with Crippen molar-refractivity contribution in [3.63, 3.8) is 0 Å². The van der Waals surface area contributed by atoms with Crippen molar-refractivity contribution in [2.45, 2.75) is 19.3 Å². The van der Waals surface area contributed by atoms with Gasteiger partial charge in [-0.25, -0.2) is 9.97 Å². The first kappa shape index (κ1) is 29.4. The first-order chi connectivity index (χ1) is 25.0. The minimum atomic E-state index is -0.110. The van der Waals surface area contributed by atoms with Crippen LogP contribution in [0, 0.1) is 0 Å². The molecule has 51 heavy (non-hydrogen) atoms. The lowest BCUT2D eigenvalue weighted by molar-refractivity contribution is 0.359. The van der Waals surface area contributed by atoms with E-state index in [4.69, 9.17) is 19.4 Å². The van der Waals surface area contributed by atoms with Crippen molar-refractivity contribution in [2.24, 2.45) is 0 Å². The van der Waals surface area contributed by atoms with Gasteiger partial charge in [0.1, 0.15) is 0 Å². The topological polar surface area (TPSA) is 44.2 Å². The minimum Gasteiger partial charge on any atom is -0.450 e. The van der Waals surface area contributed by atoms with Crippen LogP contribution in [0.2, 0.25) is 0 Å². The molecular weight excluding hydrogens is 625 g/mol. The van der Waals surface area contributed by atoms with E-state index in [2.05, 4.69) is 147 Å². The molecule has 0 N–H and O–H groups in total. The van der Waals surface area contributed by atoms with Crippen LogP contribution in [-0.2, 0) is 5.41 Å². The third-order valence-electron chi connectivity index (χ3n) is 10.3. The third-order valence-corrected chi connectivity index (χ3v) is 10.3. The monoisotopic (exact) mass is 656 g/mol. The average molecular weight is 657 g/mol. The van der Waals surface area contributed by atoms with E-state index in [0.29, 0.717) is 17.3 Å². The van der Waals surface area contributed by atoms with E-state index in [0.717, 1.165) is 61.5 Å². The van der Waals surface area contributed by atoms with Crippen molar-refractivity contribution in [3.05, 3.63) is 169 Å². The molecule has 0 atom stereocenters. The van der Waals surface area contributed by atoms with Crippen LogP contribution in [0.4, 0.5) is 0 Å². The normalized spacial score (nSPS) is 13.4. The molecule has 1 aromatic heterocycles. The summed E-state index contributed by atoms with van der Waals surface area (Å²) in [5.41, 5.74) is 11.8. The number of rotatable bonds is 4. The van der Waals surface area contributed by atoms with Gasteiger partial charge in [-0.05, 0) is 80.6 Å². The summed E-state index contributed by atoms with van der Waals surface area (Å²) in [5, 5.41) is 2.28. The molecule has 8 aromatic rings. The second-order valence-corrected chi connectivity index (χ2v) is 13.8. The highest BCUT2D eigenvalue weighted by Gasteiger charge is 2.37. The molecule has 2 heterocycles. The molecule has 0 saturated heterocycles. The van der Waals surface area contributed by atoms with Gasteiger partial charge in [-0.2, -0.15) is 0 Å². The number of ether oxygens (including phenoxy) is 2. The van der Waals surface area contributed by atoms with Crippen molar-refractivity contribution < 1.29 is 9.47 Å². The lowest BCUT2D eigenvalue weighted by Gasteiger charge is -2.25. The Labute approximate surface area is 296 Å². The number of hydrogen-bond acceptors (Lipinski definition) is 4. The smallest absolute Gasteiger partial charge is 0.170 e. The van der Waals surface area contributed by atoms with Gasteiger partial charge >= 0.3 is 0 Å². The summed E-state index contributed by atoms with van der Waals surface area (Å²) in [4.78, 5) is 10.3. The van der Waals surface area contributed by atoms with Gasteiger partial charge in [-0.15, -0.1) is 0 Å². The highest BCUT2D eigenvalue weighted by atomic mass is 16.6. The first-order valence-electron chi connectivity index (χ1n) is 17.3. The predicted molar refractivity (Wildman–Crippen MR) is 205 cm³/mol. The molecule has 4 heteroatoms. The van der Waals surface area contributed by atoms with E-state index in [1.54, 1.807) is 0 Å². The quantitative estimate of drug-likeness (QED) is 0.189. The maximum atomic E-state index is 6.58. The molecule has 0 saturated carbocycles. The van der Waals surface area contributed by atoms with Crippen LogP contribution >= 0.6 is 0 Å². The fraction of sp³-hybridized carbons (Fsp3) is 0.0638. The van der Waals surface area contributed by atoms with Crippen molar-refractivity contribution in [3.8, 4) is 79.2 Å². The third kappa shape index (κ3) is 4.83. The van der Waals surface area contributed by atoms with Crippen molar-refractivity contribution in [1.82, 2.24) is 9.97 Å². The molecule has 0 spiro atoms. The Kier molecular flexibility index (Phi) is 6.49. The van der Waals surface area contributed by atoms with Crippen molar-refractivity contribution in [1.29, 1.82) is 0 Å². The van der Waals surface area contributed by atoms with Crippen LogP contribution in [0.1, 0.15) is 25.0 Å². The summed E-state index contributed by atoms with van der Waals surface area (Å²) in [5.74, 6) is 3.58. The number of aromatic nitrogens is 2. The molecule has 1 aliphatic carbocycles. The zero-order valence-corrected chi connectivity index (χ0v) is 28.2. The Bertz CT molecular complexity index is 2670. The largest absolute Gasteiger partial charge is 0.450 e. The van der Waals surface area contributed by atoms with E-state index in [9.17, 15) is 0 Å². The van der Waals surface area contributed by atoms with E-state index in [1.165, 1.54) is 22.3 Å². The Morgan fingerprint density at radius 2 is 1.04 bits per heavy atom. The molecule has 10 rings (SSSR count). The molecular formula is C47H32N2O2. The summed E-state index contributed by atoms with van der Waals surface area (Å²) >= 11 is 0. The van der Waals surface area contributed by atoms with E-state index >= 15 is 0 Å². The lowest BCUT2D eigenvalue weighted by Crippen LogP contribution is -2.15. The summed E-state index contributed by atoms with van der Waals surface area (Å²) in [6.07, 6.45) is 0. The molecule has 1 aliphatic heterocycles. The van der Waals surface area contributed by atoms with E-state index < -0.39 is 0 Å². The molecule has 0 radical (unpaired) electrons. The van der Waals surface area contributed by atoms with Gasteiger partial charge < -0.3 is 9.47 Å². The van der Waals surface area contributed by atoms with Gasteiger partial charge in [0.15, 0.2) is 28.8 Å². The lowest BCUT2D eigenvalue weighted by atomic mass is 9.82. The molecule has 0 fully saturated rings. The standard InChI is InChI=1S/C47H32N2O2/c1-47(2)38-21-9-8-19-35(38)37-26-44-45(27-39(37)47)50-42-23-22-32(25-43(42)51-44)31-16-10-17-33(24-31)41-28-40(30-13-4-3-5-14-30)48-46(49-41)36-20-11-15-29-12-6-7-18-34(29)36/h3-28H,1-2H3. The maximum absolute atomic E-state index is 6.58. The number of fused-ring (bicyclic) bond motifs is 6. The minimum absolute atomic E-state index is 0.110. The second-order valence-electron chi connectivity index (χ2n) is 13.8. The van der Waals surface area contributed by atoms with Crippen LogP contribution in [0.3, 0.4) is 0 Å². The van der Waals surface area contributed by atoms with Crippen molar-refractivity contribution >= 4 is 10.8 Å². The van der Waals surface area contributed by atoms with Crippen LogP contribution < -0.4 is 9.47 Å². The highest BCUT2D eigenvalue weighted by Crippen LogP contribution is 2.55. The summed E-state index contributed by atoms with van der Waals surface area (Å²) in [7, 11) is 0. The van der Waals surface area contributed by atoms with Gasteiger partial charge in [-0.3, -0.25) is 0 Å².